The molecule has 0 spiro atoms. The van der Waals surface area contributed by atoms with E-state index in [0.717, 1.165) is 24.9 Å². The molecule has 6 heteroatoms. The van der Waals surface area contributed by atoms with E-state index < -0.39 is 0 Å². The van der Waals surface area contributed by atoms with Crippen molar-refractivity contribution in [3.8, 4) is 0 Å². The van der Waals surface area contributed by atoms with Crippen LogP contribution in [0.2, 0.25) is 0 Å². The number of hydrogen-bond donors (Lipinski definition) is 0. The van der Waals surface area contributed by atoms with Crippen LogP contribution in [0.15, 0.2) is 60.7 Å². The van der Waals surface area contributed by atoms with Crippen molar-refractivity contribution in [2.75, 3.05) is 18.1 Å². The number of anilines is 1. The summed E-state index contributed by atoms with van der Waals surface area (Å²) in [6.45, 7) is 3.14. The minimum Gasteiger partial charge on any atom is -0.462 e. The van der Waals surface area contributed by atoms with Crippen LogP contribution in [0.5, 0.6) is 0 Å². The highest BCUT2D eigenvalue weighted by Crippen LogP contribution is 2.59. The average Bonchev–Trinajstić information content (AvgIpc) is 3.49. The van der Waals surface area contributed by atoms with Gasteiger partial charge in [-0.05, 0) is 60.4 Å². The van der Waals surface area contributed by atoms with Gasteiger partial charge in [0.25, 0.3) is 5.69 Å². The maximum atomic E-state index is 12.7. The van der Waals surface area contributed by atoms with Crippen molar-refractivity contribution < 1.29 is 14.5 Å². The molecule has 2 aliphatic heterocycles. The first-order valence-corrected chi connectivity index (χ1v) is 11.8. The molecule has 5 atom stereocenters. The van der Waals surface area contributed by atoms with Gasteiger partial charge in [-0.3, -0.25) is 10.1 Å². The first-order chi connectivity index (χ1) is 16.1. The Kier molecular flexibility index (Phi) is 4.64. The molecular weight excluding hydrogens is 416 g/mol. The van der Waals surface area contributed by atoms with Crippen molar-refractivity contribution in [2.45, 2.75) is 37.6 Å². The van der Waals surface area contributed by atoms with Crippen molar-refractivity contribution >= 4 is 17.3 Å². The van der Waals surface area contributed by atoms with Crippen molar-refractivity contribution in [3.05, 3.63) is 93.1 Å². The third-order valence-corrected chi connectivity index (χ3v) is 7.81. The Balaban J connectivity index is 1.52. The van der Waals surface area contributed by atoms with Gasteiger partial charge in [0.2, 0.25) is 0 Å². The number of benzene rings is 2. The lowest BCUT2D eigenvalue weighted by molar-refractivity contribution is -0.384. The van der Waals surface area contributed by atoms with E-state index >= 15 is 0 Å². The number of carbonyl (C=O) groups is 1. The molecule has 0 unspecified atom stereocenters. The van der Waals surface area contributed by atoms with Crippen molar-refractivity contribution in [1.29, 1.82) is 0 Å². The lowest BCUT2D eigenvalue weighted by atomic mass is 9.70. The van der Waals surface area contributed by atoms with Crippen LogP contribution in [0, 0.1) is 22.0 Å². The van der Waals surface area contributed by atoms with Gasteiger partial charge in [-0.1, -0.05) is 36.4 Å². The first kappa shape index (κ1) is 20.2. The molecule has 0 aromatic heterocycles. The quantitative estimate of drug-likeness (QED) is 0.264. The zero-order chi connectivity index (χ0) is 22.7. The molecule has 2 aromatic carbocycles. The third-order valence-electron chi connectivity index (χ3n) is 7.81. The van der Waals surface area contributed by atoms with E-state index in [4.69, 9.17) is 4.74 Å². The lowest BCUT2D eigenvalue weighted by Gasteiger charge is -2.51. The van der Waals surface area contributed by atoms with Gasteiger partial charge in [0.05, 0.1) is 23.1 Å². The normalized spacial score (nSPS) is 28.3. The molecule has 0 bridgehead atoms. The van der Waals surface area contributed by atoms with Crippen LogP contribution < -0.4 is 4.90 Å². The summed E-state index contributed by atoms with van der Waals surface area (Å²) in [5.41, 5.74) is 5.55. The van der Waals surface area contributed by atoms with Crippen LogP contribution in [0.25, 0.3) is 0 Å². The molecule has 0 saturated heterocycles. The SMILES string of the molecule is CCOC(=O)c1cc2c3c(c1)[C@@H]1C=CC[C@@H]1[C@H](c1ccc([N+](=O)[O-])cc1)N3C[C@H]1CC=C[C@H]21. The average molecular weight is 443 g/mol. The summed E-state index contributed by atoms with van der Waals surface area (Å²) in [4.78, 5) is 26.1. The topological polar surface area (TPSA) is 72.7 Å². The molecule has 2 heterocycles. The van der Waals surface area contributed by atoms with E-state index in [0.29, 0.717) is 29.9 Å². The van der Waals surface area contributed by atoms with Gasteiger partial charge in [-0.15, -0.1) is 0 Å². The Morgan fingerprint density at radius 2 is 1.79 bits per heavy atom. The molecule has 0 N–H and O–H groups in total. The van der Waals surface area contributed by atoms with E-state index in [1.165, 1.54) is 16.8 Å². The summed E-state index contributed by atoms with van der Waals surface area (Å²) in [7, 11) is 0. The van der Waals surface area contributed by atoms with Crippen molar-refractivity contribution in [1.82, 2.24) is 0 Å². The number of hydrogen-bond acceptors (Lipinski definition) is 5. The maximum Gasteiger partial charge on any atom is 0.338 e. The molecule has 168 valence electrons. The molecule has 4 aliphatic rings. The van der Waals surface area contributed by atoms with Crippen LogP contribution in [0.4, 0.5) is 11.4 Å². The molecule has 2 aliphatic carbocycles. The maximum absolute atomic E-state index is 12.7. The molecule has 0 saturated carbocycles. The van der Waals surface area contributed by atoms with Gasteiger partial charge < -0.3 is 9.64 Å². The number of non-ortho nitro benzene ring substituents is 1. The van der Waals surface area contributed by atoms with Gasteiger partial charge in [-0.2, -0.15) is 0 Å². The molecule has 0 radical (unpaired) electrons. The number of esters is 1. The zero-order valence-electron chi connectivity index (χ0n) is 18.5. The second-order valence-corrected chi connectivity index (χ2v) is 9.47. The Labute approximate surface area is 192 Å². The smallest absolute Gasteiger partial charge is 0.338 e. The number of ether oxygens (including phenoxy) is 1. The highest BCUT2D eigenvalue weighted by molar-refractivity contribution is 5.92. The van der Waals surface area contributed by atoms with E-state index in [1.54, 1.807) is 12.1 Å². The van der Waals surface area contributed by atoms with Crippen LogP contribution in [-0.2, 0) is 4.74 Å². The van der Waals surface area contributed by atoms with Gasteiger partial charge >= 0.3 is 5.97 Å². The Hall–Kier alpha value is -3.41. The van der Waals surface area contributed by atoms with Crippen LogP contribution in [0.3, 0.4) is 0 Å². The summed E-state index contributed by atoms with van der Waals surface area (Å²) in [6.07, 6.45) is 11.1. The minimum atomic E-state index is -0.343. The predicted octanol–water partition coefficient (Wildman–Crippen LogP) is 5.67. The fraction of sp³-hybridized carbons (Fsp3) is 0.370. The number of fused-ring (bicyclic) bond motifs is 4. The van der Waals surface area contributed by atoms with E-state index in [-0.39, 0.29) is 28.5 Å². The monoisotopic (exact) mass is 442 g/mol. The number of carbonyl (C=O) groups excluding carboxylic acids is 1. The van der Waals surface area contributed by atoms with Crippen molar-refractivity contribution in [2.24, 2.45) is 11.8 Å². The number of nitro benzene ring substituents is 1. The largest absolute Gasteiger partial charge is 0.462 e. The molecular formula is C27H26N2O4. The standard InChI is InChI=1S/C27H26N2O4/c1-2-33-27(30)18-13-23-20-6-3-5-17(20)15-28-25(16-9-11-19(12-10-16)29(31)32)22-8-4-7-21(22)24(14-18)26(23)28/h3-4,6-7,9-14,17,20-22,25H,2,5,8,15H2,1H3/t17-,20+,21-,22+,25+/m1/s1. The van der Waals surface area contributed by atoms with Crippen LogP contribution >= 0.6 is 0 Å². The molecule has 0 fully saturated rings. The molecule has 6 nitrogen and oxygen atoms in total. The molecule has 0 amide bonds. The highest BCUT2D eigenvalue weighted by Gasteiger charge is 2.48. The van der Waals surface area contributed by atoms with Crippen LogP contribution in [-0.4, -0.2) is 24.0 Å². The second-order valence-electron chi connectivity index (χ2n) is 9.47. The summed E-state index contributed by atoms with van der Waals surface area (Å²) in [6, 6.07) is 11.3. The zero-order valence-corrected chi connectivity index (χ0v) is 18.5. The number of rotatable bonds is 4. The third kappa shape index (κ3) is 3.04. The second kappa shape index (κ2) is 7.58. The summed E-state index contributed by atoms with van der Waals surface area (Å²) >= 11 is 0. The fourth-order valence-electron chi connectivity index (χ4n) is 6.48. The fourth-order valence-corrected chi connectivity index (χ4v) is 6.48. The van der Waals surface area contributed by atoms with E-state index in [2.05, 4.69) is 29.2 Å². The highest BCUT2D eigenvalue weighted by atomic mass is 16.6. The number of allylic oxidation sites excluding steroid dienone is 4. The summed E-state index contributed by atoms with van der Waals surface area (Å²) in [5, 5.41) is 11.2. The molecule has 2 aromatic rings. The molecule has 6 rings (SSSR count). The number of nitrogens with zero attached hydrogens (tertiary/aromatic N) is 2. The Bertz CT molecular complexity index is 1180. The van der Waals surface area contributed by atoms with Crippen molar-refractivity contribution in [3.63, 3.8) is 0 Å². The van der Waals surface area contributed by atoms with E-state index in [1.807, 2.05) is 31.2 Å². The summed E-state index contributed by atoms with van der Waals surface area (Å²) < 4.78 is 5.36. The predicted molar refractivity (Wildman–Crippen MR) is 126 cm³/mol. The Morgan fingerprint density at radius 1 is 1.09 bits per heavy atom. The van der Waals surface area contributed by atoms with Gasteiger partial charge in [0.1, 0.15) is 0 Å². The first-order valence-electron chi connectivity index (χ1n) is 11.8. The minimum absolute atomic E-state index is 0.120. The summed E-state index contributed by atoms with van der Waals surface area (Å²) in [5.74, 6) is 1.06. The molecule has 33 heavy (non-hydrogen) atoms. The van der Waals surface area contributed by atoms with Gasteiger partial charge in [0, 0.05) is 36.2 Å². The van der Waals surface area contributed by atoms with Gasteiger partial charge in [-0.25, -0.2) is 4.79 Å². The van der Waals surface area contributed by atoms with Crippen LogP contribution in [0.1, 0.15) is 64.7 Å². The number of nitro groups is 1. The van der Waals surface area contributed by atoms with E-state index in [9.17, 15) is 14.9 Å². The lowest BCUT2D eigenvalue weighted by Crippen LogP contribution is -2.46. The Morgan fingerprint density at radius 3 is 2.52 bits per heavy atom. The van der Waals surface area contributed by atoms with Gasteiger partial charge in [0.15, 0.2) is 0 Å².